The Balaban J connectivity index is 1.41. The van der Waals surface area contributed by atoms with Gasteiger partial charge in [0.2, 0.25) is 5.91 Å². The lowest BCUT2D eigenvalue weighted by atomic mass is 9.92. The molecule has 2 heterocycles. The van der Waals surface area contributed by atoms with Gasteiger partial charge < -0.3 is 10.1 Å². The molecule has 1 saturated heterocycles. The number of hydrogen-bond acceptors (Lipinski definition) is 4. The Morgan fingerprint density at radius 3 is 2.89 bits per heavy atom. The van der Waals surface area contributed by atoms with E-state index in [0.29, 0.717) is 25.5 Å². The predicted octanol–water partition coefficient (Wildman–Crippen LogP) is 3.64. The summed E-state index contributed by atoms with van der Waals surface area (Å²) in [4.78, 5) is 19.0. The van der Waals surface area contributed by atoms with Crippen molar-refractivity contribution >= 4 is 28.4 Å². The van der Waals surface area contributed by atoms with E-state index in [9.17, 15) is 4.79 Å². The number of ether oxygens (including phenoxy) is 1. The highest BCUT2D eigenvalue weighted by molar-refractivity contribution is 6.31. The standard InChI is InChI=1S/C21H28ClN3O2/c1-27-13-10-23-21(26)7-2-16-8-11-25(12-9-16)15-19-5-3-17-14-18(22)4-6-20(17)24-19/h3-6,14,16H,2,7-13,15H2,1H3,(H,23,26). The minimum atomic E-state index is 0.134. The van der Waals surface area contributed by atoms with Gasteiger partial charge in [-0.25, -0.2) is 0 Å². The Hall–Kier alpha value is -1.69. The van der Waals surface area contributed by atoms with Gasteiger partial charge in [0, 0.05) is 37.0 Å². The molecular weight excluding hydrogens is 362 g/mol. The van der Waals surface area contributed by atoms with Crippen LogP contribution in [0.25, 0.3) is 10.9 Å². The maximum absolute atomic E-state index is 11.8. The fourth-order valence-electron chi connectivity index (χ4n) is 3.61. The number of nitrogens with zero attached hydrogens (tertiary/aromatic N) is 2. The Bertz CT molecular complexity index is 760. The summed E-state index contributed by atoms with van der Waals surface area (Å²) in [6, 6.07) is 10.0. The average molecular weight is 390 g/mol. The van der Waals surface area contributed by atoms with Crippen molar-refractivity contribution in [2.75, 3.05) is 33.4 Å². The number of benzene rings is 1. The number of rotatable bonds is 8. The highest BCUT2D eigenvalue weighted by Gasteiger charge is 2.20. The van der Waals surface area contributed by atoms with E-state index in [1.807, 2.05) is 18.2 Å². The molecule has 0 aliphatic carbocycles. The number of halogens is 1. The van der Waals surface area contributed by atoms with E-state index >= 15 is 0 Å². The first-order valence-corrected chi connectivity index (χ1v) is 10.0. The lowest BCUT2D eigenvalue weighted by Crippen LogP contribution is -2.34. The summed E-state index contributed by atoms with van der Waals surface area (Å²) in [6.45, 7) is 4.17. The molecule has 5 nitrogen and oxygen atoms in total. The average Bonchev–Trinajstić information content (AvgIpc) is 2.68. The SMILES string of the molecule is COCCNC(=O)CCC1CCN(Cc2ccc3cc(Cl)ccc3n2)CC1. The van der Waals surface area contributed by atoms with Gasteiger partial charge in [0.15, 0.2) is 0 Å². The van der Waals surface area contributed by atoms with Crippen molar-refractivity contribution in [3.8, 4) is 0 Å². The number of hydrogen-bond donors (Lipinski definition) is 1. The number of carbonyl (C=O) groups is 1. The number of likely N-dealkylation sites (tertiary alicyclic amines) is 1. The summed E-state index contributed by atoms with van der Waals surface area (Å²) in [5, 5.41) is 4.71. The van der Waals surface area contributed by atoms with Crippen LogP contribution in [0.15, 0.2) is 30.3 Å². The molecule has 0 saturated carbocycles. The summed E-state index contributed by atoms with van der Waals surface area (Å²) < 4.78 is 4.94. The van der Waals surface area contributed by atoms with Crippen LogP contribution in [-0.2, 0) is 16.1 Å². The number of fused-ring (bicyclic) bond motifs is 1. The molecule has 0 bridgehead atoms. The van der Waals surface area contributed by atoms with Crippen molar-refractivity contribution in [1.82, 2.24) is 15.2 Å². The topological polar surface area (TPSA) is 54.5 Å². The highest BCUT2D eigenvalue weighted by Crippen LogP contribution is 2.24. The number of piperidine rings is 1. The third kappa shape index (κ3) is 6.16. The predicted molar refractivity (Wildman–Crippen MR) is 109 cm³/mol. The molecule has 1 aromatic carbocycles. The zero-order valence-electron chi connectivity index (χ0n) is 15.9. The zero-order chi connectivity index (χ0) is 19.1. The monoisotopic (exact) mass is 389 g/mol. The van der Waals surface area contributed by atoms with Crippen LogP contribution < -0.4 is 5.32 Å². The fourth-order valence-corrected chi connectivity index (χ4v) is 3.79. The van der Waals surface area contributed by atoms with Crippen molar-refractivity contribution in [3.05, 3.63) is 41.0 Å². The molecule has 0 radical (unpaired) electrons. The molecule has 6 heteroatoms. The van der Waals surface area contributed by atoms with Gasteiger partial charge in [-0.05, 0) is 62.5 Å². The van der Waals surface area contributed by atoms with Crippen molar-refractivity contribution in [2.24, 2.45) is 5.92 Å². The van der Waals surface area contributed by atoms with Gasteiger partial charge in [-0.15, -0.1) is 0 Å². The number of aromatic nitrogens is 1. The van der Waals surface area contributed by atoms with Crippen LogP contribution in [0.2, 0.25) is 5.02 Å². The number of amides is 1. The van der Waals surface area contributed by atoms with Gasteiger partial charge in [-0.3, -0.25) is 14.7 Å². The Kier molecular flexibility index (Phi) is 7.44. The van der Waals surface area contributed by atoms with Gasteiger partial charge >= 0.3 is 0 Å². The van der Waals surface area contributed by atoms with Crippen LogP contribution in [0.4, 0.5) is 0 Å². The third-order valence-electron chi connectivity index (χ3n) is 5.21. The molecule has 3 rings (SSSR count). The van der Waals surface area contributed by atoms with Gasteiger partial charge in [0.05, 0.1) is 17.8 Å². The first kappa shape index (κ1) is 20.1. The van der Waals surface area contributed by atoms with Crippen LogP contribution in [-0.4, -0.2) is 49.1 Å². The molecule has 146 valence electrons. The first-order valence-electron chi connectivity index (χ1n) is 9.67. The molecule has 27 heavy (non-hydrogen) atoms. The lowest BCUT2D eigenvalue weighted by molar-refractivity contribution is -0.121. The van der Waals surface area contributed by atoms with Crippen molar-refractivity contribution in [1.29, 1.82) is 0 Å². The summed E-state index contributed by atoms with van der Waals surface area (Å²) in [7, 11) is 1.64. The number of nitrogens with one attached hydrogen (secondary N) is 1. The van der Waals surface area contributed by atoms with Crippen LogP contribution in [0, 0.1) is 5.92 Å². The van der Waals surface area contributed by atoms with Gasteiger partial charge in [0.1, 0.15) is 0 Å². The van der Waals surface area contributed by atoms with Crippen LogP contribution in [0.3, 0.4) is 0 Å². The quantitative estimate of drug-likeness (QED) is 0.700. The molecule has 1 amide bonds. The van der Waals surface area contributed by atoms with E-state index < -0.39 is 0 Å². The third-order valence-corrected chi connectivity index (χ3v) is 5.44. The summed E-state index contributed by atoms with van der Waals surface area (Å²) in [6.07, 6.45) is 3.88. The molecule has 0 atom stereocenters. The van der Waals surface area contributed by atoms with E-state index in [-0.39, 0.29) is 5.91 Å². The second-order valence-corrected chi connectivity index (χ2v) is 7.68. The molecule has 1 aliphatic heterocycles. The van der Waals surface area contributed by atoms with E-state index in [0.717, 1.165) is 60.5 Å². The van der Waals surface area contributed by atoms with Gasteiger partial charge in [0.25, 0.3) is 0 Å². The Morgan fingerprint density at radius 1 is 1.30 bits per heavy atom. The molecule has 1 fully saturated rings. The molecule has 1 N–H and O–H groups in total. The Labute approximate surface area is 166 Å². The van der Waals surface area contributed by atoms with E-state index in [1.165, 1.54) is 0 Å². The maximum atomic E-state index is 11.8. The van der Waals surface area contributed by atoms with Gasteiger partial charge in [-0.2, -0.15) is 0 Å². The molecule has 1 aromatic heterocycles. The number of carbonyl (C=O) groups excluding carboxylic acids is 1. The minimum absolute atomic E-state index is 0.134. The van der Waals surface area contributed by atoms with Crippen molar-refractivity contribution in [2.45, 2.75) is 32.2 Å². The summed E-state index contributed by atoms with van der Waals surface area (Å²) >= 11 is 6.04. The normalized spacial score (nSPS) is 15.9. The van der Waals surface area contributed by atoms with Crippen LogP contribution in [0.5, 0.6) is 0 Å². The number of methoxy groups -OCH3 is 1. The largest absolute Gasteiger partial charge is 0.383 e. The number of pyridine rings is 1. The van der Waals surface area contributed by atoms with E-state index in [2.05, 4.69) is 22.3 Å². The fraction of sp³-hybridized carbons (Fsp3) is 0.524. The van der Waals surface area contributed by atoms with E-state index in [4.69, 9.17) is 21.3 Å². The van der Waals surface area contributed by atoms with E-state index in [1.54, 1.807) is 7.11 Å². The van der Waals surface area contributed by atoms with Crippen molar-refractivity contribution < 1.29 is 9.53 Å². The summed E-state index contributed by atoms with van der Waals surface area (Å²) in [5.41, 5.74) is 2.09. The molecular formula is C21H28ClN3O2. The molecule has 1 aliphatic rings. The maximum Gasteiger partial charge on any atom is 0.220 e. The molecule has 2 aromatic rings. The lowest BCUT2D eigenvalue weighted by Gasteiger charge is -2.31. The summed E-state index contributed by atoms with van der Waals surface area (Å²) in [5.74, 6) is 0.774. The second kappa shape index (κ2) is 10.0. The molecule has 0 unspecified atom stereocenters. The molecule has 0 spiro atoms. The highest BCUT2D eigenvalue weighted by atomic mass is 35.5. The Morgan fingerprint density at radius 2 is 2.11 bits per heavy atom. The van der Waals surface area contributed by atoms with Crippen LogP contribution in [0.1, 0.15) is 31.4 Å². The van der Waals surface area contributed by atoms with Crippen molar-refractivity contribution in [3.63, 3.8) is 0 Å². The zero-order valence-corrected chi connectivity index (χ0v) is 16.7. The minimum Gasteiger partial charge on any atom is -0.383 e. The first-order chi connectivity index (χ1) is 13.1. The smallest absolute Gasteiger partial charge is 0.220 e. The second-order valence-electron chi connectivity index (χ2n) is 7.24. The van der Waals surface area contributed by atoms with Crippen LogP contribution >= 0.6 is 11.6 Å². The van der Waals surface area contributed by atoms with Gasteiger partial charge in [-0.1, -0.05) is 17.7 Å².